The predicted molar refractivity (Wildman–Crippen MR) is 81.4 cm³/mol. The third-order valence-corrected chi connectivity index (χ3v) is 4.56. The van der Waals surface area contributed by atoms with Gasteiger partial charge in [0.05, 0.1) is 15.7 Å². The lowest BCUT2D eigenvalue weighted by Crippen LogP contribution is -2.18. The van der Waals surface area contributed by atoms with E-state index >= 15 is 0 Å². The van der Waals surface area contributed by atoms with E-state index in [1.165, 1.54) is 12.8 Å². The molecular weight excluding hydrogens is 321 g/mol. The first-order chi connectivity index (χ1) is 8.10. The van der Waals surface area contributed by atoms with Gasteiger partial charge in [0.25, 0.3) is 0 Å². The molecule has 4 heteroatoms. The fraction of sp³-hybridized carbons (Fsp3) is 0.538. The van der Waals surface area contributed by atoms with E-state index in [4.69, 9.17) is 23.2 Å². The van der Waals surface area contributed by atoms with Crippen molar-refractivity contribution >= 4 is 44.8 Å². The van der Waals surface area contributed by atoms with Gasteiger partial charge in [-0.1, -0.05) is 49.9 Å². The van der Waals surface area contributed by atoms with Crippen molar-refractivity contribution in [3.63, 3.8) is 0 Å². The molecule has 0 fully saturated rings. The summed E-state index contributed by atoms with van der Waals surface area (Å²) in [6, 6.07) is 4.35. The highest BCUT2D eigenvalue weighted by atomic mass is 79.9. The van der Waals surface area contributed by atoms with E-state index < -0.39 is 0 Å². The molecule has 1 atom stereocenters. The molecule has 1 unspecified atom stereocenters. The monoisotopic (exact) mass is 337 g/mol. The van der Waals surface area contributed by atoms with Crippen LogP contribution in [0.25, 0.3) is 0 Å². The molecule has 0 aliphatic rings. The molecule has 0 radical (unpaired) electrons. The van der Waals surface area contributed by atoms with Crippen LogP contribution in [0.2, 0.25) is 10.0 Å². The Balaban J connectivity index is 2.76. The van der Waals surface area contributed by atoms with Crippen molar-refractivity contribution in [3.05, 3.63) is 26.7 Å². The van der Waals surface area contributed by atoms with Crippen molar-refractivity contribution in [1.82, 2.24) is 0 Å². The quantitative estimate of drug-likeness (QED) is 0.614. The zero-order valence-corrected chi connectivity index (χ0v) is 13.3. The van der Waals surface area contributed by atoms with Crippen LogP contribution in [0.4, 0.5) is 5.69 Å². The summed E-state index contributed by atoms with van der Waals surface area (Å²) >= 11 is 15.7. The number of nitrogens with one attached hydrogen (secondary N) is 1. The second-order valence-electron chi connectivity index (χ2n) is 4.11. The van der Waals surface area contributed by atoms with Crippen molar-refractivity contribution in [3.8, 4) is 0 Å². The lowest BCUT2D eigenvalue weighted by Gasteiger charge is -2.19. The van der Waals surface area contributed by atoms with Crippen LogP contribution < -0.4 is 5.32 Å². The van der Waals surface area contributed by atoms with Gasteiger partial charge in [0.15, 0.2) is 0 Å². The smallest absolute Gasteiger partial charge is 0.0835 e. The zero-order chi connectivity index (χ0) is 12.8. The highest BCUT2D eigenvalue weighted by molar-refractivity contribution is 9.10. The molecule has 0 aliphatic heterocycles. The van der Waals surface area contributed by atoms with Crippen LogP contribution in [0.5, 0.6) is 0 Å². The average molecular weight is 339 g/mol. The van der Waals surface area contributed by atoms with E-state index in [9.17, 15) is 0 Å². The van der Waals surface area contributed by atoms with Gasteiger partial charge >= 0.3 is 0 Å². The normalized spacial score (nSPS) is 12.5. The molecule has 0 aliphatic carbocycles. The zero-order valence-electron chi connectivity index (χ0n) is 10.2. The van der Waals surface area contributed by atoms with E-state index in [1.54, 1.807) is 0 Å². The third-order valence-electron chi connectivity index (χ3n) is 2.79. The number of unbranched alkanes of at least 4 members (excludes halogenated alkanes) is 1. The molecule has 17 heavy (non-hydrogen) atoms. The van der Waals surface area contributed by atoms with Gasteiger partial charge in [0.2, 0.25) is 0 Å². The fourth-order valence-electron chi connectivity index (χ4n) is 1.69. The Morgan fingerprint density at radius 2 is 1.94 bits per heavy atom. The van der Waals surface area contributed by atoms with Crippen molar-refractivity contribution in [1.29, 1.82) is 0 Å². The van der Waals surface area contributed by atoms with Crippen LogP contribution in [0.1, 0.15) is 39.5 Å². The van der Waals surface area contributed by atoms with Crippen molar-refractivity contribution in [2.24, 2.45) is 0 Å². The van der Waals surface area contributed by atoms with Gasteiger partial charge in [-0.15, -0.1) is 0 Å². The largest absolute Gasteiger partial charge is 0.381 e. The van der Waals surface area contributed by atoms with E-state index in [1.807, 2.05) is 12.1 Å². The maximum Gasteiger partial charge on any atom is 0.0835 e. The molecule has 0 amide bonds. The molecule has 1 aromatic rings. The molecular formula is C13H18BrCl2N. The van der Waals surface area contributed by atoms with Crippen LogP contribution in [-0.4, -0.2) is 6.04 Å². The number of benzene rings is 1. The van der Waals surface area contributed by atoms with Crippen LogP contribution >= 0.6 is 39.1 Å². The average Bonchev–Trinajstić information content (AvgIpc) is 2.34. The summed E-state index contributed by atoms with van der Waals surface area (Å²) in [6.45, 7) is 4.39. The lowest BCUT2D eigenvalue weighted by atomic mass is 10.1. The Labute approximate surface area is 122 Å². The Hall–Kier alpha value is 0.0800. The maximum absolute atomic E-state index is 6.21. The summed E-state index contributed by atoms with van der Waals surface area (Å²) in [5, 5.41) is 4.63. The fourth-order valence-corrected chi connectivity index (χ4v) is 2.51. The van der Waals surface area contributed by atoms with Gasteiger partial charge in [-0.25, -0.2) is 0 Å². The first-order valence-electron chi connectivity index (χ1n) is 6.00. The molecule has 0 saturated carbocycles. The Morgan fingerprint density at radius 3 is 2.53 bits per heavy atom. The molecule has 0 spiro atoms. The Morgan fingerprint density at radius 1 is 1.24 bits per heavy atom. The van der Waals surface area contributed by atoms with Gasteiger partial charge in [0.1, 0.15) is 0 Å². The molecule has 1 rings (SSSR count). The Bertz CT molecular complexity index is 369. The summed E-state index contributed by atoms with van der Waals surface area (Å²) < 4.78 is 0.830. The highest BCUT2D eigenvalue weighted by Gasteiger charge is 2.11. The minimum atomic E-state index is 0.463. The summed E-state index contributed by atoms with van der Waals surface area (Å²) in [5.74, 6) is 0. The third kappa shape index (κ3) is 4.35. The van der Waals surface area contributed by atoms with Crippen LogP contribution in [-0.2, 0) is 0 Å². The van der Waals surface area contributed by atoms with E-state index in [-0.39, 0.29) is 0 Å². The van der Waals surface area contributed by atoms with E-state index in [0.29, 0.717) is 16.1 Å². The number of halogens is 3. The topological polar surface area (TPSA) is 12.0 Å². The molecule has 1 N–H and O–H groups in total. The standard InChI is InChI=1S/C13H18BrCl2N/c1-3-5-6-9(4-2)17-11-8-7-10(14)12(15)13(11)16/h7-9,17H,3-6H2,1-2H3. The summed E-state index contributed by atoms with van der Waals surface area (Å²) in [6.07, 6.45) is 4.70. The molecule has 0 aromatic heterocycles. The van der Waals surface area contributed by atoms with Gasteiger partial charge in [-0.3, -0.25) is 0 Å². The number of anilines is 1. The first-order valence-corrected chi connectivity index (χ1v) is 7.55. The maximum atomic E-state index is 6.21. The highest BCUT2D eigenvalue weighted by Crippen LogP contribution is 2.36. The van der Waals surface area contributed by atoms with Gasteiger partial charge < -0.3 is 5.32 Å². The van der Waals surface area contributed by atoms with Crippen LogP contribution in [0, 0.1) is 0 Å². The second-order valence-corrected chi connectivity index (χ2v) is 5.72. The first kappa shape index (κ1) is 15.1. The molecule has 0 heterocycles. The SMILES string of the molecule is CCCCC(CC)Nc1ccc(Br)c(Cl)c1Cl. The van der Waals surface area contributed by atoms with E-state index in [2.05, 4.69) is 35.1 Å². The van der Waals surface area contributed by atoms with Gasteiger partial charge in [-0.2, -0.15) is 0 Å². The minimum absolute atomic E-state index is 0.463. The second kappa shape index (κ2) is 7.50. The number of rotatable bonds is 6. The number of hydrogen-bond acceptors (Lipinski definition) is 1. The van der Waals surface area contributed by atoms with E-state index in [0.717, 1.165) is 23.0 Å². The van der Waals surface area contributed by atoms with Gasteiger partial charge in [0, 0.05) is 10.5 Å². The molecule has 1 nitrogen and oxygen atoms in total. The number of hydrogen-bond donors (Lipinski definition) is 1. The molecule has 0 saturated heterocycles. The Kier molecular flexibility index (Phi) is 6.68. The molecule has 0 bridgehead atoms. The lowest BCUT2D eigenvalue weighted by molar-refractivity contribution is 0.593. The summed E-state index contributed by atoms with van der Waals surface area (Å²) in [4.78, 5) is 0. The van der Waals surface area contributed by atoms with Crippen molar-refractivity contribution in [2.45, 2.75) is 45.6 Å². The van der Waals surface area contributed by atoms with Crippen LogP contribution in [0.15, 0.2) is 16.6 Å². The predicted octanol–water partition coefficient (Wildman–Crippen LogP) is 6.14. The molecule has 1 aromatic carbocycles. The van der Waals surface area contributed by atoms with Crippen molar-refractivity contribution < 1.29 is 0 Å². The summed E-state index contributed by atoms with van der Waals surface area (Å²) in [7, 11) is 0. The van der Waals surface area contributed by atoms with Gasteiger partial charge in [-0.05, 0) is 40.9 Å². The molecule has 96 valence electrons. The summed E-state index contributed by atoms with van der Waals surface area (Å²) in [5.41, 5.74) is 0.919. The van der Waals surface area contributed by atoms with Crippen LogP contribution in [0.3, 0.4) is 0 Å². The minimum Gasteiger partial charge on any atom is -0.381 e. The van der Waals surface area contributed by atoms with Crippen molar-refractivity contribution in [2.75, 3.05) is 5.32 Å².